The normalized spacial score (nSPS) is 12.6. The topological polar surface area (TPSA) is 9.23 Å². The van der Waals surface area contributed by atoms with Crippen LogP contribution in [0.25, 0.3) is 0 Å². The minimum absolute atomic E-state index is 0.579. The summed E-state index contributed by atoms with van der Waals surface area (Å²) in [5.41, 5.74) is 2.63. The van der Waals surface area contributed by atoms with Crippen molar-refractivity contribution < 1.29 is 4.74 Å². The first kappa shape index (κ1) is 10.1. The van der Waals surface area contributed by atoms with Crippen LogP contribution in [0.1, 0.15) is 37.3 Å². The average molecular weight is 178 g/mol. The van der Waals surface area contributed by atoms with Crippen molar-refractivity contribution in [2.45, 2.75) is 33.1 Å². The lowest BCUT2D eigenvalue weighted by Gasteiger charge is -2.14. The van der Waals surface area contributed by atoms with Gasteiger partial charge in [0.15, 0.2) is 0 Å². The summed E-state index contributed by atoms with van der Waals surface area (Å²) < 4.78 is 5.32. The van der Waals surface area contributed by atoms with Gasteiger partial charge in [-0.1, -0.05) is 31.5 Å². The smallest absolute Gasteiger partial charge is 0.122 e. The molecule has 0 spiro atoms. The van der Waals surface area contributed by atoms with Crippen molar-refractivity contribution in [1.82, 2.24) is 0 Å². The van der Waals surface area contributed by atoms with E-state index in [9.17, 15) is 0 Å². The number of rotatable bonds is 3. The Morgan fingerprint density at radius 2 is 2.08 bits per heavy atom. The maximum absolute atomic E-state index is 5.32. The third-order valence-corrected chi connectivity index (χ3v) is 2.53. The largest absolute Gasteiger partial charge is 0.496 e. The number of ether oxygens (including phenoxy) is 1. The Kier molecular flexibility index (Phi) is 3.35. The fourth-order valence-corrected chi connectivity index (χ4v) is 1.46. The van der Waals surface area contributed by atoms with Crippen molar-refractivity contribution in [2.75, 3.05) is 7.11 Å². The molecule has 1 heteroatoms. The molecule has 1 aromatic rings. The van der Waals surface area contributed by atoms with Gasteiger partial charge < -0.3 is 4.74 Å². The van der Waals surface area contributed by atoms with Crippen LogP contribution >= 0.6 is 0 Å². The average Bonchev–Trinajstić information content (AvgIpc) is 2.16. The Labute approximate surface area is 80.7 Å². The monoisotopic (exact) mass is 178 g/mol. The van der Waals surface area contributed by atoms with Crippen LogP contribution in [-0.4, -0.2) is 7.11 Å². The van der Waals surface area contributed by atoms with Gasteiger partial charge in [0, 0.05) is 0 Å². The summed E-state index contributed by atoms with van der Waals surface area (Å²) in [5, 5.41) is 0. The van der Waals surface area contributed by atoms with E-state index in [4.69, 9.17) is 4.74 Å². The highest BCUT2D eigenvalue weighted by Crippen LogP contribution is 2.29. The molecule has 0 N–H and O–H groups in total. The van der Waals surface area contributed by atoms with E-state index >= 15 is 0 Å². The van der Waals surface area contributed by atoms with Crippen molar-refractivity contribution in [1.29, 1.82) is 0 Å². The number of methoxy groups -OCH3 is 1. The standard InChI is InChI=1S/C12H18O/c1-5-10(3)11-8-9(2)6-7-12(11)13-4/h6-8,10H,5H2,1-4H3/t10-/m1/s1. The van der Waals surface area contributed by atoms with Gasteiger partial charge in [0.1, 0.15) is 5.75 Å². The fraction of sp³-hybridized carbons (Fsp3) is 0.500. The zero-order valence-corrected chi connectivity index (χ0v) is 8.92. The molecule has 0 radical (unpaired) electrons. The van der Waals surface area contributed by atoms with Crippen LogP contribution < -0.4 is 4.74 Å². The predicted octanol–water partition coefficient (Wildman–Crippen LogP) is 3.52. The molecule has 0 bridgehead atoms. The van der Waals surface area contributed by atoms with Gasteiger partial charge in [0.25, 0.3) is 0 Å². The van der Waals surface area contributed by atoms with E-state index in [2.05, 4.69) is 39.0 Å². The van der Waals surface area contributed by atoms with Crippen LogP contribution in [-0.2, 0) is 0 Å². The Morgan fingerprint density at radius 1 is 1.38 bits per heavy atom. The summed E-state index contributed by atoms with van der Waals surface area (Å²) in [6.07, 6.45) is 1.15. The Morgan fingerprint density at radius 3 is 2.62 bits per heavy atom. The van der Waals surface area contributed by atoms with Gasteiger partial charge in [-0.05, 0) is 30.9 Å². The van der Waals surface area contributed by atoms with Crippen LogP contribution in [0.4, 0.5) is 0 Å². The first-order valence-electron chi connectivity index (χ1n) is 4.83. The van der Waals surface area contributed by atoms with Crippen LogP contribution in [0.3, 0.4) is 0 Å². The van der Waals surface area contributed by atoms with E-state index in [0.29, 0.717) is 5.92 Å². The number of benzene rings is 1. The van der Waals surface area contributed by atoms with Gasteiger partial charge in [0.05, 0.1) is 7.11 Å². The van der Waals surface area contributed by atoms with Crippen molar-refractivity contribution in [3.05, 3.63) is 29.3 Å². The first-order valence-corrected chi connectivity index (χ1v) is 4.83. The molecular weight excluding hydrogens is 160 g/mol. The summed E-state index contributed by atoms with van der Waals surface area (Å²) in [6, 6.07) is 6.36. The highest BCUT2D eigenvalue weighted by Gasteiger charge is 2.08. The molecule has 0 aliphatic rings. The zero-order valence-electron chi connectivity index (χ0n) is 8.92. The minimum Gasteiger partial charge on any atom is -0.496 e. The summed E-state index contributed by atoms with van der Waals surface area (Å²) >= 11 is 0. The zero-order chi connectivity index (χ0) is 9.84. The van der Waals surface area contributed by atoms with E-state index in [0.717, 1.165) is 12.2 Å². The van der Waals surface area contributed by atoms with Gasteiger partial charge in [-0.15, -0.1) is 0 Å². The van der Waals surface area contributed by atoms with Crippen LogP contribution in [0.15, 0.2) is 18.2 Å². The fourth-order valence-electron chi connectivity index (χ4n) is 1.46. The van der Waals surface area contributed by atoms with E-state index in [-0.39, 0.29) is 0 Å². The molecule has 0 aliphatic carbocycles. The third kappa shape index (κ3) is 2.24. The maximum atomic E-state index is 5.32. The SMILES string of the molecule is CC[C@@H](C)c1cc(C)ccc1OC. The van der Waals surface area contributed by atoms with Gasteiger partial charge in [-0.2, -0.15) is 0 Å². The van der Waals surface area contributed by atoms with Crippen LogP contribution in [0.2, 0.25) is 0 Å². The van der Waals surface area contributed by atoms with Gasteiger partial charge >= 0.3 is 0 Å². The highest BCUT2D eigenvalue weighted by atomic mass is 16.5. The second kappa shape index (κ2) is 4.31. The molecule has 0 unspecified atom stereocenters. The van der Waals surface area contributed by atoms with Crippen molar-refractivity contribution in [2.24, 2.45) is 0 Å². The number of aryl methyl sites for hydroxylation is 1. The molecule has 0 amide bonds. The third-order valence-electron chi connectivity index (χ3n) is 2.53. The van der Waals surface area contributed by atoms with E-state index in [1.165, 1.54) is 11.1 Å². The molecule has 0 aliphatic heterocycles. The summed E-state index contributed by atoms with van der Waals surface area (Å²) in [6.45, 7) is 6.55. The summed E-state index contributed by atoms with van der Waals surface area (Å²) in [5.74, 6) is 1.59. The molecule has 1 nitrogen and oxygen atoms in total. The molecule has 0 aromatic heterocycles. The maximum Gasteiger partial charge on any atom is 0.122 e. The number of hydrogen-bond donors (Lipinski definition) is 0. The van der Waals surface area contributed by atoms with Gasteiger partial charge in [-0.3, -0.25) is 0 Å². The Balaban J connectivity index is 3.07. The second-order valence-electron chi connectivity index (χ2n) is 3.55. The molecule has 72 valence electrons. The summed E-state index contributed by atoms with van der Waals surface area (Å²) in [7, 11) is 1.73. The van der Waals surface area contributed by atoms with Crippen LogP contribution in [0.5, 0.6) is 5.75 Å². The van der Waals surface area contributed by atoms with Gasteiger partial charge in [0.2, 0.25) is 0 Å². The molecule has 1 aromatic carbocycles. The highest BCUT2D eigenvalue weighted by molar-refractivity contribution is 5.39. The molecule has 0 saturated carbocycles. The van der Waals surface area contributed by atoms with Crippen molar-refractivity contribution in [3.63, 3.8) is 0 Å². The Hall–Kier alpha value is -0.980. The van der Waals surface area contributed by atoms with E-state index in [1.807, 2.05) is 0 Å². The van der Waals surface area contributed by atoms with Crippen LogP contribution in [0, 0.1) is 6.92 Å². The lowest BCUT2D eigenvalue weighted by atomic mass is 9.96. The molecule has 0 heterocycles. The van der Waals surface area contributed by atoms with E-state index in [1.54, 1.807) is 7.11 Å². The molecule has 1 rings (SSSR count). The second-order valence-corrected chi connectivity index (χ2v) is 3.55. The lowest BCUT2D eigenvalue weighted by molar-refractivity contribution is 0.406. The lowest BCUT2D eigenvalue weighted by Crippen LogP contribution is -1.96. The van der Waals surface area contributed by atoms with Gasteiger partial charge in [-0.25, -0.2) is 0 Å². The quantitative estimate of drug-likeness (QED) is 0.688. The van der Waals surface area contributed by atoms with Crippen molar-refractivity contribution in [3.8, 4) is 5.75 Å². The molecule has 0 saturated heterocycles. The Bertz CT molecular complexity index is 278. The molecule has 13 heavy (non-hydrogen) atoms. The minimum atomic E-state index is 0.579. The molecule has 1 atom stereocenters. The predicted molar refractivity (Wildman–Crippen MR) is 56.4 cm³/mol. The molecule has 0 fully saturated rings. The first-order chi connectivity index (χ1) is 6.19. The molecular formula is C12H18O. The number of hydrogen-bond acceptors (Lipinski definition) is 1. The van der Waals surface area contributed by atoms with E-state index < -0.39 is 0 Å². The van der Waals surface area contributed by atoms with Crippen molar-refractivity contribution >= 4 is 0 Å². The summed E-state index contributed by atoms with van der Waals surface area (Å²) in [4.78, 5) is 0.